The van der Waals surface area contributed by atoms with Gasteiger partial charge >= 0.3 is 0 Å². The standard InChI is InChI=1S/C21H16ClN/c1-13-9-14(2)11-16(10-13)21-20-5-3-15-12-17(22)4-6-18(15)19(20)7-8-23-21/h3-12H,1-2H3. The van der Waals surface area contributed by atoms with Crippen LogP contribution in [0, 0.1) is 13.8 Å². The number of benzene rings is 3. The van der Waals surface area contributed by atoms with Crippen molar-refractivity contribution in [2.24, 2.45) is 0 Å². The molecule has 2 heteroatoms. The van der Waals surface area contributed by atoms with Crippen molar-refractivity contribution in [3.63, 3.8) is 0 Å². The minimum atomic E-state index is 0.764. The van der Waals surface area contributed by atoms with Gasteiger partial charge in [0.05, 0.1) is 5.69 Å². The molecule has 112 valence electrons. The van der Waals surface area contributed by atoms with Gasteiger partial charge in [-0.15, -0.1) is 0 Å². The van der Waals surface area contributed by atoms with Crippen molar-refractivity contribution in [2.75, 3.05) is 0 Å². The zero-order valence-corrected chi connectivity index (χ0v) is 13.9. The maximum Gasteiger partial charge on any atom is 0.0780 e. The quantitative estimate of drug-likeness (QED) is 0.374. The van der Waals surface area contributed by atoms with E-state index in [-0.39, 0.29) is 0 Å². The molecular formula is C21H16ClN. The summed E-state index contributed by atoms with van der Waals surface area (Å²) in [5, 5.41) is 5.51. The summed E-state index contributed by atoms with van der Waals surface area (Å²) < 4.78 is 0. The number of halogens is 1. The van der Waals surface area contributed by atoms with Gasteiger partial charge in [-0.1, -0.05) is 47.0 Å². The average molecular weight is 318 g/mol. The normalized spacial score (nSPS) is 11.3. The number of nitrogens with zero attached hydrogens (tertiary/aromatic N) is 1. The third kappa shape index (κ3) is 2.47. The lowest BCUT2D eigenvalue weighted by Crippen LogP contribution is -1.89. The van der Waals surface area contributed by atoms with Crippen molar-refractivity contribution in [3.8, 4) is 11.3 Å². The predicted octanol–water partition coefficient (Wildman–Crippen LogP) is 6.33. The molecule has 0 spiro atoms. The summed E-state index contributed by atoms with van der Waals surface area (Å²) in [4.78, 5) is 4.66. The maximum absolute atomic E-state index is 6.12. The van der Waals surface area contributed by atoms with Crippen LogP contribution in [0.1, 0.15) is 11.1 Å². The highest BCUT2D eigenvalue weighted by atomic mass is 35.5. The molecule has 0 saturated heterocycles. The molecule has 1 aromatic heterocycles. The first-order valence-corrected chi connectivity index (χ1v) is 8.05. The Balaban J connectivity index is 2.07. The van der Waals surface area contributed by atoms with Gasteiger partial charge in [0, 0.05) is 22.2 Å². The second-order valence-electron chi connectivity index (χ2n) is 6.06. The van der Waals surface area contributed by atoms with E-state index in [1.54, 1.807) is 0 Å². The smallest absolute Gasteiger partial charge is 0.0780 e. The zero-order valence-electron chi connectivity index (χ0n) is 13.1. The fraction of sp³-hybridized carbons (Fsp3) is 0.0952. The molecule has 1 nitrogen and oxygen atoms in total. The van der Waals surface area contributed by atoms with Gasteiger partial charge in [0.25, 0.3) is 0 Å². The Morgan fingerprint density at radius 3 is 2.26 bits per heavy atom. The van der Waals surface area contributed by atoms with Crippen molar-refractivity contribution < 1.29 is 0 Å². The number of aromatic nitrogens is 1. The summed E-state index contributed by atoms with van der Waals surface area (Å²) in [6.07, 6.45) is 1.89. The summed E-state index contributed by atoms with van der Waals surface area (Å²) in [6, 6.07) is 19.0. The van der Waals surface area contributed by atoms with Gasteiger partial charge in [-0.3, -0.25) is 4.98 Å². The monoisotopic (exact) mass is 317 g/mol. The van der Waals surface area contributed by atoms with Gasteiger partial charge < -0.3 is 0 Å². The highest BCUT2D eigenvalue weighted by molar-refractivity contribution is 6.31. The van der Waals surface area contributed by atoms with E-state index in [1.165, 1.54) is 32.8 Å². The molecule has 1 heterocycles. The van der Waals surface area contributed by atoms with Crippen molar-refractivity contribution >= 4 is 33.1 Å². The molecule has 0 saturated carbocycles. The zero-order chi connectivity index (χ0) is 16.0. The summed E-state index contributed by atoms with van der Waals surface area (Å²) >= 11 is 6.12. The van der Waals surface area contributed by atoms with Crippen LogP contribution in [0.5, 0.6) is 0 Å². The first-order chi connectivity index (χ1) is 11.1. The van der Waals surface area contributed by atoms with Crippen LogP contribution in [0.3, 0.4) is 0 Å². The lowest BCUT2D eigenvalue weighted by molar-refractivity contribution is 1.33. The molecule has 0 aliphatic rings. The van der Waals surface area contributed by atoms with E-state index >= 15 is 0 Å². The molecule has 0 unspecified atom stereocenters. The minimum absolute atomic E-state index is 0.764. The van der Waals surface area contributed by atoms with Crippen molar-refractivity contribution in [1.82, 2.24) is 4.98 Å². The van der Waals surface area contributed by atoms with Crippen LogP contribution in [0.4, 0.5) is 0 Å². The van der Waals surface area contributed by atoms with Gasteiger partial charge in [0.2, 0.25) is 0 Å². The average Bonchev–Trinajstić information content (AvgIpc) is 2.52. The lowest BCUT2D eigenvalue weighted by Gasteiger charge is -2.10. The van der Waals surface area contributed by atoms with Crippen LogP contribution in [-0.2, 0) is 0 Å². The topological polar surface area (TPSA) is 12.9 Å². The van der Waals surface area contributed by atoms with Crippen LogP contribution in [-0.4, -0.2) is 4.98 Å². The SMILES string of the molecule is Cc1cc(C)cc(-c2nccc3c2ccc2cc(Cl)ccc23)c1. The minimum Gasteiger partial charge on any atom is -0.256 e. The second kappa shape index (κ2) is 5.36. The number of rotatable bonds is 1. The summed E-state index contributed by atoms with van der Waals surface area (Å²) in [5.74, 6) is 0. The molecule has 4 aromatic rings. The molecule has 4 rings (SSSR count). The first-order valence-electron chi connectivity index (χ1n) is 7.67. The number of pyridine rings is 1. The number of fused-ring (bicyclic) bond motifs is 3. The Labute approximate surface area is 140 Å². The predicted molar refractivity (Wildman–Crippen MR) is 99.2 cm³/mol. The molecule has 0 radical (unpaired) electrons. The molecule has 0 N–H and O–H groups in total. The number of hydrogen-bond acceptors (Lipinski definition) is 1. The summed E-state index contributed by atoms with van der Waals surface area (Å²) in [7, 11) is 0. The summed E-state index contributed by atoms with van der Waals surface area (Å²) in [5.41, 5.74) is 4.71. The third-order valence-corrected chi connectivity index (χ3v) is 4.45. The van der Waals surface area contributed by atoms with Crippen molar-refractivity contribution in [2.45, 2.75) is 13.8 Å². The van der Waals surface area contributed by atoms with Crippen LogP contribution in [0.2, 0.25) is 5.02 Å². The molecular weight excluding hydrogens is 302 g/mol. The number of aryl methyl sites for hydroxylation is 2. The van der Waals surface area contributed by atoms with Gasteiger partial charge in [-0.2, -0.15) is 0 Å². The molecule has 23 heavy (non-hydrogen) atoms. The van der Waals surface area contributed by atoms with E-state index in [2.05, 4.69) is 61.3 Å². The Morgan fingerprint density at radius 1 is 0.739 bits per heavy atom. The first kappa shape index (κ1) is 14.2. The second-order valence-corrected chi connectivity index (χ2v) is 6.50. The molecule has 0 aliphatic carbocycles. The van der Waals surface area contributed by atoms with Crippen LogP contribution < -0.4 is 0 Å². The van der Waals surface area contributed by atoms with Crippen molar-refractivity contribution in [1.29, 1.82) is 0 Å². The van der Waals surface area contributed by atoms with E-state index in [1.807, 2.05) is 18.3 Å². The maximum atomic E-state index is 6.12. The van der Waals surface area contributed by atoms with E-state index < -0.39 is 0 Å². The highest BCUT2D eigenvalue weighted by Gasteiger charge is 2.09. The Bertz CT molecular complexity index is 1030. The van der Waals surface area contributed by atoms with E-state index in [4.69, 9.17) is 11.6 Å². The van der Waals surface area contributed by atoms with Crippen molar-refractivity contribution in [3.05, 3.63) is 76.9 Å². The van der Waals surface area contributed by atoms with E-state index in [0.29, 0.717) is 0 Å². The fourth-order valence-corrected chi connectivity index (χ4v) is 3.49. The van der Waals surface area contributed by atoms with E-state index in [9.17, 15) is 0 Å². The van der Waals surface area contributed by atoms with Gasteiger partial charge in [-0.05, 0) is 60.3 Å². The molecule has 0 aliphatic heterocycles. The van der Waals surface area contributed by atoms with Crippen LogP contribution in [0.15, 0.2) is 60.8 Å². The van der Waals surface area contributed by atoms with Crippen LogP contribution in [0.25, 0.3) is 32.8 Å². The largest absolute Gasteiger partial charge is 0.256 e. The van der Waals surface area contributed by atoms with Gasteiger partial charge in [0.1, 0.15) is 0 Å². The molecule has 3 aromatic carbocycles. The summed E-state index contributed by atoms with van der Waals surface area (Å²) in [6.45, 7) is 4.25. The third-order valence-electron chi connectivity index (χ3n) is 4.22. The number of hydrogen-bond donors (Lipinski definition) is 0. The molecule has 0 bridgehead atoms. The van der Waals surface area contributed by atoms with Gasteiger partial charge in [-0.25, -0.2) is 0 Å². The Hall–Kier alpha value is -2.38. The lowest BCUT2D eigenvalue weighted by atomic mass is 9.97. The van der Waals surface area contributed by atoms with Crippen LogP contribution >= 0.6 is 11.6 Å². The molecule has 0 atom stereocenters. The molecule has 0 fully saturated rings. The Kier molecular flexibility index (Phi) is 3.32. The van der Waals surface area contributed by atoms with E-state index in [0.717, 1.165) is 16.1 Å². The highest BCUT2D eigenvalue weighted by Crippen LogP contribution is 2.33. The molecule has 0 amide bonds. The van der Waals surface area contributed by atoms with Gasteiger partial charge in [0.15, 0.2) is 0 Å². The Morgan fingerprint density at radius 2 is 1.48 bits per heavy atom. The fourth-order valence-electron chi connectivity index (χ4n) is 3.31.